The molecule has 0 radical (unpaired) electrons. The molecule has 5 nitrogen and oxygen atoms in total. The minimum atomic E-state index is -0.519. The third-order valence-electron chi connectivity index (χ3n) is 2.43. The average molecular weight is 214 g/mol. The predicted molar refractivity (Wildman–Crippen MR) is 55.3 cm³/mol. The lowest BCUT2D eigenvalue weighted by molar-refractivity contribution is -0.146. The summed E-state index contributed by atoms with van der Waals surface area (Å²) in [4.78, 5) is 24.5. The van der Waals surface area contributed by atoms with Gasteiger partial charge < -0.3 is 15.0 Å². The van der Waals surface area contributed by atoms with Crippen molar-refractivity contribution in [2.45, 2.75) is 19.3 Å². The van der Waals surface area contributed by atoms with Crippen molar-refractivity contribution >= 4 is 11.8 Å². The number of hydrogen-bond acceptors (Lipinski definition) is 3. The number of ether oxygens (including phenoxy) is 1. The SMILES string of the molecule is COCCNC(=O)C(=O)N1CCCCC1. The summed E-state index contributed by atoms with van der Waals surface area (Å²) in [7, 11) is 1.55. The zero-order valence-corrected chi connectivity index (χ0v) is 9.12. The molecule has 0 aliphatic carbocycles. The average Bonchev–Trinajstić information content (AvgIpc) is 2.29. The fourth-order valence-electron chi connectivity index (χ4n) is 1.58. The van der Waals surface area contributed by atoms with Crippen LogP contribution in [0.4, 0.5) is 0 Å². The standard InChI is InChI=1S/C10H18N2O3/c1-15-8-5-11-9(13)10(14)12-6-3-2-4-7-12/h2-8H2,1H3,(H,11,13). The fourth-order valence-corrected chi connectivity index (χ4v) is 1.58. The van der Waals surface area contributed by atoms with E-state index in [0.717, 1.165) is 19.3 Å². The zero-order chi connectivity index (χ0) is 11.1. The molecular formula is C10H18N2O3. The summed E-state index contributed by atoms with van der Waals surface area (Å²) < 4.78 is 4.78. The Balaban J connectivity index is 2.28. The largest absolute Gasteiger partial charge is 0.383 e. The Labute approximate surface area is 89.8 Å². The second-order valence-electron chi connectivity index (χ2n) is 3.60. The summed E-state index contributed by atoms with van der Waals surface area (Å²) in [5, 5.41) is 2.53. The van der Waals surface area contributed by atoms with Gasteiger partial charge in [-0.05, 0) is 19.3 Å². The Morgan fingerprint density at radius 3 is 2.53 bits per heavy atom. The van der Waals surface area contributed by atoms with Crippen molar-refractivity contribution in [2.75, 3.05) is 33.4 Å². The quantitative estimate of drug-likeness (QED) is 0.521. The first-order valence-electron chi connectivity index (χ1n) is 5.31. The van der Waals surface area contributed by atoms with Crippen molar-refractivity contribution in [3.63, 3.8) is 0 Å². The van der Waals surface area contributed by atoms with E-state index >= 15 is 0 Å². The van der Waals surface area contributed by atoms with Crippen molar-refractivity contribution in [3.05, 3.63) is 0 Å². The fraction of sp³-hybridized carbons (Fsp3) is 0.800. The molecule has 0 aromatic carbocycles. The van der Waals surface area contributed by atoms with E-state index in [1.807, 2.05) is 0 Å². The van der Waals surface area contributed by atoms with Crippen LogP contribution in [0.5, 0.6) is 0 Å². The Morgan fingerprint density at radius 2 is 1.93 bits per heavy atom. The van der Waals surface area contributed by atoms with Crippen molar-refractivity contribution < 1.29 is 14.3 Å². The number of methoxy groups -OCH3 is 1. The van der Waals surface area contributed by atoms with Crippen LogP contribution in [-0.2, 0) is 14.3 Å². The van der Waals surface area contributed by atoms with Gasteiger partial charge in [0.15, 0.2) is 0 Å². The molecular weight excluding hydrogens is 196 g/mol. The van der Waals surface area contributed by atoms with Gasteiger partial charge in [0.1, 0.15) is 0 Å². The first kappa shape index (κ1) is 12.0. The highest BCUT2D eigenvalue weighted by Crippen LogP contribution is 2.08. The van der Waals surface area contributed by atoms with Crippen LogP contribution >= 0.6 is 0 Å². The van der Waals surface area contributed by atoms with Gasteiger partial charge in [-0.2, -0.15) is 0 Å². The minimum absolute atomic E-state index is 0.384. The Hall–Kier alpha value is -1.10. The van der Waals surface area contributed by atoms with Crippen LogP contribution < -0.4 is 5.32 Å². The van der Waals surface area contributed by atoms with Gasteiger partial charge in [0, 0.05) is 26.7 Å². The molecule has 0 saturated carbocycles. The van der Waals surface area contributed by atoms with E-state index in [9.17, 15) is 9.59 Å². The van der Waals surface area contributed by atoms with Crippen molar-refractivity contribution in [1.82, 2.24) is 10.2 Å². The molecule has 15 heavy (non-hydrogen) atoms. The van der Waals surface area contributed by atoms with Gasteiger partial charge >= 0.3 is 11.8 Å². The van der Waals surface area contributed by atoms with E-state index in [-0.39, 0.29) is 0 Å². The van der Waals surface area contributed by atoms with Gasteiger partial charge in [-0.15, -0.1) is 0 Å². The highest BCUT2D eigenvalue weighted by molar-refractivity contribution is 6.35. The van der Waals surface area contributed by atoms with E-state index in [0.29, 0.717) is 26.2 Å². The van der Waals surface area contributed by atoms with Crippen LogP contribution in [0.1, 0.15) is 19.3 Å². The molecule has 1 heterocycles. The molecule has 1 saturated heterocycles. The summed E-state index contributed by atoms with van der Waals surface area (Å²) in [6.07, 6.45) is 3.14. The highest BCUT2D eigenvalue weighted by Gasteiger charge is 2.22. The number of likely N-dealkylation sites (tertiary alicyclic amines) is 1. The number of carbonyl (C=O) groups excluding carboxylic acids is 2. The third-order valence-corrected chi connectivity index (χ3v) is 2.43. The van der Waals surface area contributed by atoms with Gasteiger partial charge in [0.25, 0.3) is 0 Å². The van der Waals surface area contributed by atoms with E-state index < -0.39 is 11.8 Å². The molecule has 0 aromatic heterocycles. The van der Waals surface area contributed by atoms with E-state index in [1.165, 1.54) is 0 Å². The molecule has 0 aromatic rings. The van der Waals surface area contributed by atoms with Crippen LogP contribution in [0, 0.1) is 0 Å². The molecule has 1 aliphatic heterocycles. The highest BCUT2D eigenvalue weighted by atomic mass is 16.5. The van der Waals surface area contributed by atoms with E-state index in [2.05, 4.69) is 5.32 Å². The van der Waals surface area contributed by atoms with Crippen LogP contribution in [-0.4, -0.2) is 50.1 Å². The van der Waals surface area contributed by atoms with E-state index in [4.69, 9.17) is 4.74 Å². The van der Waals surface area contributed by atoms with Gasteiger partial charge in [-0.1, -0.05) is 0 Å². The lowest BCUT2D eigenvalue weighted by Gasteiger charge is -2.25. The molecule has 2 amide bonds. The van der Waals surface area contributed by atoms with Gasteiger partial charge in [-0.3, -0.25) is 9.59 Å². The lowest BCUT2D eigenvalue weighted by Crippen LogP contribution is -2.45. The third kappa shape index (κ3) is 3.87. The summed E-state index contributed by atoms with van der Waals surface area (Å²) in [6.45, 7) is 2.22. The summed E-state index contributed by atoms with van der Waals surface area (Å²) in [5.74, 6) is -0.931. The van der Waals surface area contributed by atoms with Crippen molar-refractivity contribution in [2.24, 2.45) is 0 Å². The summed E-state index contributed by atoms with van der Waals surface area (Å²) in [5.41, 5.74) is 0. The Bertz CT molecular complexity index is 225. The molecule has 0 spiro atoms. The molecule has 5 heteroatoms. The molecule has 1 N–H and O–H groups in total. The number of amides is 2. The van der Waals surface area contributed by atoms with Crippen molar-refractivity contribution in [3.8, 4) is 0 Å². The van der Waals surface area contributed by atoms with Crippen LogP contribution in [0.15, 0.2) is 0 Å². The number of nitrogens with one attached hydrogen (secondary N) is 1. The number of hydrogen-bond donors (Lipinski definition) is 1. The number of nitrogens with zero attached hydrogens (tertiary/aromatic N) is 1. The maximum Gasteiger partial charge on any atom is 0.311 e. The van der Waals surface area contributed by atoms with Crippen LogP contribution in [0.2, 0.25) is 0 Å². The maximum absolute atomic E-state index is 11.6. The zero-order valence-electron chi connectivity index (χ0n) is 9.12. The summed E-state index contributed by atoms with van der Waals surface area (Å²) in [6, 6.07) is 0. The first-order chi connectivity index (χ1) is 7.25. The maximum atomic E-state index is 11.6. The van der Waals surface area contributed by atoms with Crippen LogP contribution in [0.25, 0.3) is 0 Å². The predicted octanol–water partition coefficient (Wildman–Crippen LogP) is -0.238. The number of rotatable bonds is 3. The van der Waals surface area contributed by atoms with Crippen LogP contribution in [0.3, 0.4) is 0 Å². The first-order valence-corrected chi connectivity index (χ1v) is 5.31. The smallest absolute Gasteiger partial charge is 0.311 e. The molecule has 0 bridgehead atoms. The number of carbonyl (C=O) groups is 2. The Morgan fingerprint density at radius 1 is 1.27 bits per heavy atom. The topological polar surface area (TPSA) is 58.6 Å². The second kappa shape index (κ2) is 6.40. The Kier molecular flexibility index (Phi) is 5.10. The van der Waals surface area contributed by atoms with Gasteiger partial charge in [0.2, 0.25) is 0 Å². The molecule has 1 fully saturated rings. The van der Waals surface area contributed by atoms with E-state index in [1.54, 1.807) is 12.0 Å². The normalized spacial score (nSPS) is 16.2. The number of piperidine rings is 1. The molecule has 0 unspecified atom stereocenters. The molecule has 86 valence electrons. The minimum Gasteiger partial charge on any atom is -0.383 e. The van der Waals surface area contributed by atoms with Gasteiger partial charge in [0.05, 0.1) is 6.61 Å². The molecule has 1 aliphatic rings. The monoisotopic (exact) mass is 214 g/mol. The van der Waals surface area contributed by atoms with Crippen molar-refractivity contribution in [1.29, 1.82) is 0 Å². The second-order valence-corrected chi connectivity index (χ2v) is 3.60. The molecule has 0 atom stereocenters. The molecule has 1 rings (SSSR count). The lowest BCUT2D eigenvalue weighted by atomic mass is 10.1. The van der Waals surface area contributed by atoms with Gasteiger partial charge in [-0.25, -0.2) is 0 Å². The summed E-state index contributed by atoms with van der Waals surface area (Å²) >= 11 is 0.